The molecule has 1 fully saturated rings. The lowest BCUT2D eigenvalue weighted by molar-refractivity contribution is -0.125. The van der Waals surface area contributed by atoms with Gasteiger partial charge in [0.05, 0.1) is 6.42 Å². The van der Waals surface area contributed by atoms with E-state index in [9.17, 15) is 9.59 Å². The zero-order valence-corrected chi connectivity index (χ0v) is 14.5. The third kappa shape index (κ3) is 4.19. The molecule has 3 rings (SSSR count). The second-order valence-electron chi connectivity index (χ2n) is 5.92. The van der Waals surface area contributed by atoms with Gasteiger partial charge in [-0.15, -0.1) is 0 Å². The summed E-state index contributed by atoms with van der Waals surface area (Å²) in [5.74, 6) is -0.0530. The summed E-state index contributed by atoms with van der Waals surface area (Å²) >= 11 is 11.9. The fourth-order valence-electron chi connectivity index (χ4n) is 2.85. The van der Waals surface area contributed by atoms with Crippen LogP contribution in [0.15, 0.2) is 23.2 Å². The van der Waals surface area contributed by atoms with Crippen molar-refractivity contribution in [3.8, 4) is 0 Å². The summed E-state index contributed by atoms with van der Waals surface area (Å²) in [5, 5.41) is 6.35. The van der Waals surface area contributed by atoms with Gasteiger partial charge in [0, 0.05) is 28.8 Å². The lowest BCUT2D eigenvalue weighted by atomic mass is 10.1. The second-order valence-corrected chi connectivity index (χ2v) is 6.79. The van der Waals surface area contributed by atoms with Crippen LogP contribution in [-0.2, 0) is 9.59 Å². The number of amides is 2. The molecule has 0 saturated carbocycles. The Balaban J connectivity index is 1.74. The third-order valence-corrected chi connectivity index (χ3v) is 4.43. The molecule has 128 valence electrons. The van der Waals surface area contributed by atoms with Crippen molar-refractivity contribution in [2.24, 2.45) is 4.99 Å². The fraction of sp³-hybridized carbons (Fsp3) is 0.438. The predicted octanol–water partition coefficient (Wildman–Crippen LogP) is 2.66. The molecule has 1 aromatic carbocycles. The van der Waals surface area contributed by atoms with Crippen molar-refractivity contribution >= 4 is 46.7 Å². The van der Waals surface area contributed by atoms with Crippen LogP contribution in [-0.4, -0.2) is 41.8 Å². The van der Waals surface area contributed by atoms with E-state index in [-0.39, 0.29) is 18.2 Å². The Morgan fingerprint density at radius 1 is 1.17 bits per heavy atom. The molecule has 6 nitrogen and oxygen atoms in total. The van der Waals surface area contributed by atoms with Crippen LogP contribution in [0.1, 0.15) is 25.7 Å². The normalized spacial score (nSPS) is 21.1. The van der Waals surface area contributed by atoms with E-state index in [1.54, 1.807) is 18.2 Å². The molecular weight excluding hydrogens is 351 g/mol. The number of likely N-dealkylation sites (tertiary alicyclic amines) is 1. The van der Waals surface area contributed by atoms with Crippen molar-refractivity contribution in [3.05, 3.63) is 28.2 Å². The molecule has 24 heavy (non-hydrogen) atoms. The molecule has 0 spiro atoms. The van der Waals surface area contributed by atoms with Gasteiger partial charge in [0.1, 0.15) is 6.04 Å². The topological polar surface area (TPSA) is 73.8 Å². The number of guanidine groups is 1. The highest BCUT2D eigenvalue weighted by atomic mass is 35.5. The van der Waals surface area contributed by atoms with Gasteiger partial charge in [-0.1, -0.05) is 23.2 Å². The van der Waals surface area contributed by atoms with Crippen LogP contribution in [0.4, 0.5) is 5.69 Å². The summed E-state index contributed by atoms with van der Waals surface area (Å²) in [7, 11) is 0. The Bertz CT molecular complexity index is 666. The predicted molar refractivity (Wildman–Crippen MR) is 94.5 cm³/mol. The summed E-state index contributed by atoms with van der Waals surface area (Å²) in [6.07, 6.45) is 3.33. The molecule has 2 amide bonds. The number of aliphatic imine (C=N–C) groups is 1. The largest absolute Gasteiger partial charge is 0.343 e. The van der Waals surface area contributed by atoms with E-state index < -0.39 is 6.04 Å². The number of hydrogen-bond acceptors (Lipinski definition) is 4. The highest BCUT2D eigenvalue weighted by Gasteiger charge is 2.29. The van der Waals surface area contributed by atoms with Crippen molar-refractivity contribution in [2.45, 2.75) is 31.7 Å². The average molecular weight is 369 g/mol. The van der Waals surface area contributed by atoms with E-state index in [0.717, 1.165) is 25.9 Å². The zero-order valence-electron chi connectivity index (χ0n) is 13.0. The summed E-state index contributed by atoms with van der Waals surface area (Å²) in [4.78, 5) is 30.9. The van der Waals surface area contributed by atoms with Crippen molar-refractivity contribution in [1.82, 2.24) is 10.2 Å². The van der Waals surface area contributed by atoms with Crippen LogP contribution >= 0.6 is 23.2 Å². The van der Waals surface area contributed by atoms with E-state index in [1.165, 1.54) is 6.42 Å². The van der Waals surface area contributed by atoms with Crippen molar-refractivity contribution in [2.75, 3.05) is 18.4 Å². The number of piperidine rings is 1. The SMILES string of the molecule is O=C1CC(C(=O)Nc2cc(Cl)cc(Cl)c2)N=C(N2CCCCC2)N1. The minimum atomic E-state index is -0.756. The van der Waals surface area contributed by atoms with Gasteiger partial charge >= 0.3 is 0 Å². The Kier molecular flexibility index (Phi) is 5.26. The van der Waals surface area contributed by atoms with Gasteiger partial charge in [-0.2, -0.15) is 0 Å². The average Bonchev–Trinajstić information content (AvgIpc) is 2.54. The highest BCUT2D eigenvalue weighted by molar-refractivity contribution is 6.35. The summed E-state index contributed by atoms with van der Waals surface area (Å²) in [6, 6.07) is 4.03. The monoisotopic (exact) mass is 368 g/mol. The van der Waals surface area contributed by atoms with Gasteiger partial charge in [0.2, 0.25) is 17.8 Å². The number of rotatable bonds is 2. The zero-order chi connectivity index (χ0) is 17.1. The molecular formula is C16H18Cl2N4O2. The van der Waals surface area contributed by atoms with Crippen LogP contribution in [0.3, 0.4) is 0 Å². The number of carbonyl (C=O) groups is 2. The molecule has 0 radical (unpaired) electrons. The summed E-state index contributed by atoms with van der Waals surface area (Å²) in [6.45, 7) is 1.69. The Morgan fingerprint density at radius 3 is 2.50 bits per heavy atom. The van der Waals surface area contributed by atoms with Crippen molar-refractivity contribution in [1.29, 1.82) is 0 Å². The van der Waals surface area contributed by atoms with E-state index in [1.807, 2.05) is 4.90 Å². The van der Waals surface area contributed by atoms with Crippen LogP contribution in [0, 0.1) is 0 Å². The number of carbonyl (C=O) groups excluding carboxylic acids is 2. The van der Waals surface area contributed by atoms with E-state index in [0.29, 0.717) is 21.7 Å². The van der Waals surface area contributed by atoms with Crippen molar-refractivity contribution in [3.63, 3.8) is 0 Å². The standard InChI is InChI=1S/C16H18Cl2N4O2/c17-10-6-11(18)8-12(7-10)19-15(24)13-9-14(23)21-16(20-13)22-4-2-1-3-5-22/h6-8,13H,1-5,9H2,(H,19,24)(H,20,21,23). The first kappa shape index (κ1) is 17.0. The maximum Gasteiger partial charge on any atom is 0.249 e. The highest BCUT2D eigenvalue weighted by Crippen LogP contribution is 2.23. The van der Waals surface area contributed by atoms with E-state index in [2.05, 4.69) is 15.6 Å². The molecule has 1 saturated heterocycles. The number of benzene rings is 1. The molecule has 2 aliphatic rings. The lowest BCUT2D eigenvalue weighted by Gasteiger charge is -2.32. The molecule has 1 aromatic rings. The molecule has 0 bridgehead atoms. The van der Waals surface area contributed by atoms with Gasteiger partial charge in [0.25, 0.3) is 0 Å². The minimum absolute atomic E-state index is 0.0253. The Labute approximate surface area is 150 Å². The molecule has 1 atom stereocenters. The van der Waals surface area contributed by atoms with Crippen LogP contribution in [0.5, 0.6) is 0 Å². The summed E-state index contributed by atoms with van der Waals surface area (Å²) < 4.78 is 0. The van der Waals surface area contributed by atoms with Crippen molar-refractivity contribution < 1.29 is 9.59 Å². The van der Waals surface area contributed by atoms with Gasteiger partial charge < -0.3 is 10.2 Å². The quantitative estimate of drug-likeness (QED) is 0.842. The number of nitrogens with one attached hydrogen (secondary N) is 2. The fourth-order valence-corrected chi connectivity index (χ4v) is 3.37. The summed E-state index contributed by atoms with van der Waals surface area (Å²) in [5.41, 5.74) is 0.484. The van der Waals surface area contributed by atoms with E-state index in [4.69, 9.17) is 23.2 Å². The van der Waals surface area contributed by atoms with Gasteiger partial charge in [0.15, 0.2) is 0 Å². The second kappa shape index (κ2) is 7.40. The Hall–Kier alpha value is -1.79. The first-order valence-electron chi connectivity index (χ1n) is 7.91. The molecule has 2 heterocycles. The number of halogens is 2. The van der Waals surface area contributed by atoms with Gasteiger partial charge in [-0.05, 0) is 37.5 Å². The van der Waals surface area contributed by atoms with Gasteiger partial charge in [-0.25, -0.2) is 4.99 Å². The van der Waals surface area contributed by atoms with E-state index >= 15 is 0 Å². The lowest BCUT2D eigenvalue weighted by Crippen LogP contribution is -2.51. The first-order chi connectivity index (χ1) is 11.5. The molecule has 8 heteroatoms. The van der Waals surface area contributed by atoms with Gasteiger partial charge in [-0.3, -0.25) is 14.9 Å². The van der Waals surface area contributed by atoms with Crippen LogP contribution in [0.2, 0.25) is 10.0 Å². The number of anilines is 1. The number of hydrogen-bond donors (Lipinski definition) is 2. The molecule has 1 unspecified atom stereocenters. The van der Waals surface area contributed by atoms with Crippen LogP contribution < -0.4 is 10.6 Å². The molecule has 2 N–H and O–H groups in total. The van der Waals surface area contributed by atoms with Crippen LogP contribution in [0.25, 0.3) is 0 Å². The maximum atomic E-state index is 12.5. The molecule has 0 aliphatic carbocycles. The first-order valence-corrected chi connectivity index (χ1v) is 8.66. The molecule has 0 aromatic heterocycles. The smallest absolute Gasteiger partial charge is 0.249 e. The molecule has 2 aliphatic heterocycles. The maximum absolute atomic E-state index is 12.5. The number of nitrogens with zero attached hydrogens (tertiary/aromatic N) is 2. The minimum Gasteiger partial charge on any atom is -0.343 e. The third-order valence-electron chi connectivity index (χ3n) is 4.00. The Morgan fingerprint density at radius 2 is 1.83 bits per heavy atom.